The van der Waals surface area contributed by atoms with Gasteiger partial charge in [-0.25, -0.2) is 8.42 Å². The van der Waals surface area contributed by atoms with Gasteiger partial charge in [0.05, 0.1) is 22.7 Å². The molecule has 0 aliphatic heterocycles. The van der Waals surface area contributed by atoms with Crippen molar-refractivity contribution in [2.75, 3.05) is 18.0 Å². The standard InChI is InChI=1S/C35H38ClN3O5S/c1-25(2)37-35(41)32(21-27-13-7-5-8-14-27)38(23-28-15-11-12-26(3)20-28)34(40)24-39(29-18-19-33(44-4)31(36)22-29)45(42,43)30-16-9-6-10-17-30/h5-20,22,25,32H,21,23-24H2,1-4H3,(H,37,41)/t32-/m1/s1. The molecule has 0 aliphatic rings. The van der Waals surface area contributed by atoms with Crippen molar-refractivity contribution >= 4 is 39.1 Å². The van der Waals surface area contributed by atoms with Crippen LogP contribution in [-0.4, -0.2) is 50.9 Å². The van der Waals surface area contributed by atoms with E-state index in [1.54, 1.807) is 24.3 Å². The van der Waals surface area contributed by atoms with Crippen LogP contribution in [0.4, 0.5) is 5.69 Å². The van der Waals surface area contributed by atoms with E-state index in [4.69, 9.17) is 16.3 Å². The number of hydrogen-bond acceptors (Lipinski definition) is 5. The zero-order chi connectivity index (χ0) is 32.6. The molecule has 0 aromatic heterocycles. The Balaban J connectivity index is 1.82. The van der Waals surface area contributed by atoms with E-state index < -0.39 is 28.5 Å². The number of rotatable bonds is 13. The van der Waals surface area contributed by atoms with Crippen LogP contribution in [0.1, 0.15) is 30.5 Å². The lowest BCUT2D eigenvalue weighted by Gasteiger charge is -2.34. The third-order valence-electron chi connectivity index (χ3n) is 7.17. The molecule has 0 radical (unpaired) electrons. The maximum Gasteiger partial charge on any atom is 0.264 e. The Morgan fingerprint density at radius 2 is 1.51 bits per heavy atom. The minimum atomic E-state index is -4.24. The summed E-state index contributed by atoms with van der Waals surface area (Å²) in [5.41, 5.74) is 2.84. The molecule has 0 bridgehead atoms. The van der Waals surface area contributed by atoms with Crippen molar-refractivity contribution in [1.29, 1.82) is 0 Å². The summed E-state index contributed by atoms with van der Waals surface area (Å²) in [4.78, 5) is 29.8. The zero-order valence-electron chi connectivity index (χ0n) is 25.8. The quantitative estimate of drug-likeness (QED) is 0.192. The molecule has 4 aromatic carbocycles. The van der Waals surface area contributed by atoms with Gasteiger partial charge >= 0.3 is 0 Å². The average Bonchev–Trinajstić information content (AvgIpc) is 3.02. The zero-order valence-corrected chi connectivity index (χ0v) is 27.4. The monoisotopic (exact) mass is 647 g/mol. The molecule has 0 saturated heterocycles. The summed E-state index contributed by atoms with van der Waals surface area (Å²) in [7, 11) is -2.78. The molecule has 0 unspecified atom stereocenters. The molecule has 1 N–H and O–H groups in total. The second kappa shape index (κ2) is 15.1. The Labute approximate surface area is 270 Å². The van der Waals surface area contributed by atoms with Crippen LogP contribution in [0.3, 0.4) is 0 Å². The SMILES string of the molecule is COc1ccc(N(CC(=O)N(Cc2cccc(C)c2)[C@H](Cc2ccccc2)C(=O)NC(C)C)S(=O)(=O)c2ccccc2)cc1Cl. The molecule has 236 valence electrons. The number of anilines is 1. The van der Waals surface area contributed by atoms with E-state index in [9.17, 15) is 18.0 Å². The van der Waals surface area contributed by atoms with Gasteiger partial charge < -0.3 is 15.0 Å². The summed E-state index contributed by atoms with van der Waals surface area (Å²) in [5.74, 6) is -0.527. The minimum Gasteiger partial charge on any atom is -0.495 e. The number of ether oxygens (including phenoxy) is 1. The summed E-state index contributed by atoms with van der Waals surface area (Å²) in [6.07, 6.45) is 0.233. The Morgan fingerprint density at radius 1 is 0.867 bits per heavy atom. The topological polar surface area (TPSA) is 96.0 Å². The van der Waals surface area contributed by atoms with E-state index in [0.717, 1.165) is 21.0 Å². The predicted octanol–water partition coefficient (Wildman–Crippen LogP) is 6.02. The smallest absolute Gasteiger partial charge is 0.264 e. The summed E-state index contributed by atoms with van der Waals surface area (Å²) in [5, 5.41) is 3.15. The van der Waals surface area contributed by atoms with Crippen molar-refractivity contribution in [3.05, 3.63) is 125 Å². The highest BCUT2D eigenvalue weighted by atomic mass is 35.5. The summed E-state index contributed by atoms with van der Waals surface area (Å²) in [6, 6.07) is 28.4. The molecule has 0 fully saturated rings. The first kappa shape index (κ1) is 33.6. The number of halogens is 1. The number of hydrogen-bond donors (Lipinski definition) is 1. The third kappa shape index (κ3) is 8.65. The van der Waals surface area contributed by atoms with Crippen molar-refractivity contribution in [2.24, 2.45) is 0 Å². The van der Waals surface area contributed by atoms with Gasteiger partial charge in [-0.1, -0.05) is 90.0 Å². The van der Waals surface area contributed by atoms with Gasteiger partial charge in [-0.3, -0.25) is 13.9 Å². The largest absolute Gasteiger partial charge is 0.495 e. The molecule has 1 atom stereocenters. The van der Waals surface area contributed by atoms with Crippen molar-refractivity contribution in [2.45, 2.75) is 50.7 Å². The summed E-state index contributed by atoms with van der Waals surface area (Å²) >= 11 is 6.43. The molecule has 45 heavy (non-hydrogen) atoms. The maximum atomic E-state index is 14.5. The lowest BCUT2D eigenvalue weighted by Crippen LogP contribution is -2.54. The fraction of sp³-hybridized carbons (Fsp3) is 0.257. The highest BCUT2D eigenvalue weighted by Crippen LogP contribution is 2.32. The van der Waals surface area contributed by atoms with Crippen molar-refractivity contribution in [3.63, 3.8) is 0 Å². The Kier molecular flexibility index (Phi) is 11.3. The first-order valence-electron chi connectivity index (χ1n) is 14.6. The van der Waals surface area contributed by atoms with E-state index in [2.05, 4.69) is 5.32 Å². The fourth-order valence-electron chi connectivity index (χ4n) is 5.00. The van der Waals surface area contributed by atoms with Crippen molar-refractivity contribution in [3.8, 4) is 5.75 Å². The van der Waals surface area contributed by atoms with E-state index in [1.807, 2.05) is 75.4 Å². The van der Waals surface area contributed by atoms with Crippen molar-refractivity contribution in [1.82, 2.24) is 10.2 Å². The Hall–Kier alpha value is -4.34. The molecule has 8 nitrogen and oxygen atoms in total. The molecule has 2 amide bonds. The second-order valence-electron chi connectivity index (χ2n) is 11.0. The highest BCUT2D eigenvalue weighted by Gasteiger charge is 2.35. The predicted molar refractivity (Wildman–Crippen MR) is 178 cm³/mol. The van der Waals surface area contributed by atoms with Gasteiger partial charge in [0.2, 0.25) is 11.8 Å². The van der Waals surface area contributed by atoms with Gasteiger partial charge in [-0.05, 0) is 62.2 Å². The van der Waals surface area contributed by atoms with Crippen LogP contribution in [0, 0.1) is 6.92 Å². The normalized spacial score (nSPS) is 12.0. The number of methoxy groups -OCH3 is 1. The van der Waals surface area contributed by atoms with Gasteiger partial charge in [0.1, 0.15) is 18.3 Å². The van der Waals surface area contributed by atoms with Crippen LogP contribution >= 0.6 is 11.6 Å². The average molecular weight is 648 g/mol. The van der Waals surface area contributed by atoms with Gasteiger partial charge in [0.25, 0.3) is 10.0 Å². The fourth-order valence-corrected chi connectivity index (χ4v) is 6.68. The minimum absolute atomic E-state index is 0.00774. The van der Waals surface area contributed by atoms with Crippen LogP contribution in [0.5, 0.6) is 5.75 Å². The first-order chi connectivity index (χ1) is 21.5. The van der Waals surface area contributed by atoms with Gasteiger partial charge in [0.15, 0.2) is 0 Å². The van der Waals surface area contributed by atoms with Crippen LogP contribution in [0.25, 0.3) is 0 Å². The highest BCUT2D eigenvalue weighted by molar-refractivity contribution is 7.92. The molecular weight excluding hydrogens is 610 g/mol. The molecule has 0 saturated carbocycles. The van der Waals surface area contributed by atoms with E-state index >= 15 is 0 Å². The number of amides is 2. The number of nitrogens with zero attached hydrogens (tertiary/aromatic N) is 2. The van der Waals surface area contributed by atoms with E-state index in [-0.39, 0.29) is 40.5 Å². The first-order valence-corrected chi connectivity index (χ1v) is 16.4. The molecule has 4 aromatic rings. The number of carbonyl (C=O) groups is 2. The molecule has 0 heterocycles. The number of aryl methyl sites for hydroxylation is 1. The van der Waals surface area contributed by atoms with Gasteiger partial charge in [-0.15, -0.1) is 0 Å². The van der Waals surface area contributed by atoms with Crippen LogP contribution in [0.2, 0.25) is 5.02 Å². The third-order valence-corrected chi connectivity index (χ3v) is 9.25. The molecular formula is C35H38ClN3O5S. The lowest BCUT2D eigenvalue weighted by atomic mass is 10.0. The van der Waals surface area contributed by atoms with E-state index in [1.165, 1.54) is 36.3 Å². The van der Waals surface area contributed by atoms with E-state index in [0.29, 0.717) is 5.75 Å². The molecule has 4 rings (SSSR count). The number of nitrogens with one attached hydrogen (secondary N) is 1. The molecule has 10 heteroatoms. The Morgan fingerprint density at radius 3 is 2.11 bits per heavy atom. The lowest BCUT2D eigenvalue weighted by molar-refractivity contribution is -0.140. The summed E-state index contributed by atoms with van der Waals surface area (Å²) in [6.45, 7) is 5.17. The summed E-state index contributed by atoms with van der Waals surface area (Å²) < 4.78 is 34.5. The van der Waals surface area contributed by atoms with Gasteiger partial charge in [0, 0.05) is 19.0 Å². The maximum absolute atomic E-state index is 14.5. The number of carbonyl (C=O) groups excluding carboxylic acids is 2. The van der Waals surface area contributed by atoms with Gasteiger partial charge in [-0.2, -0.15) is 0 Å². The number of sulfonamides is 1. The van der Waals surface area contributed by atoms with Crippen LogP contribution in [-0.2, 0) is 32.6 Å². The molecule has 0 aliphatic carbocycles. The van der Waals surface area contributed by atoms with Crippen LogP contribution in [0.15, 0.2) is 108 Å². The number of benzene rings is 4. The second-order valence-corrected chi connectivity index (χ2v) is 13.3. The van der Waals surface area contributed by atoms with Crippen LogP contribution < -0.4 is 14.4 Å². The Bertz CT molecular complexity index is 1720. The molecule has 0 spiro atoms. The van der Waals surface area contributed by atoms with Crippen molar-refractivity contribution < 1.29 is 22.7 Å².